The molecular weight excluding hydrogens is 286 g/mol. The van der Waals surface area contributed by atoms with Crippen LogP contribution in [-0.2, 0) is 13.6 Å². The molecular formula is C18H27N5. The molecule has 0 unspecified atom stereocenters. The first-order valence-electron chi connectivity index (χ1n) is 8.33. The van der Waals surface area contributed by atoms with Gasteiger partial charge in [0.25, 0.3) is 0 Å². The van der Waals surface area contributed by atoms with E-state index in [-0.39, 0.29) is 0 Å². The Balaban J connectivity index is 1.66. The van der Waals surface area contributed by atoms with Gasteiger partial charge in [-0.1, -0.05) is 30.3 Å². The van der Waals surface area contributed by atoms with Crippen molar-refractivity contribution in [3.8, 4) is 11.4 Å². The molecule has 0 bridgehead atoms. The van der Waals surface area contributed by atoms with E-state index in [1.54, 1.807) is 0 Å². The van der Waals surface area contributed by atoms with Crippen LogP contribution in [0.5, 0.6) is 0 Å². The molecule has 2 aromatic rings. The largest absolute Gasteiger partial charge is 0.304 e. The summed E-state index contributed by atoms with van der Waals surface area (Å²) in [6, 6.07) is 10.3. The van der Waals surface area contributed by atoms with E-state index >= 15 is 0 Å². The van der Waals surface area contributed by atoms with Gasteiger partial charge in [-0.15, -0.1) is 0 Å². The molecule has 0 saturated carbocycles. The summed E-state index contributed by atoms with van der Waals surface area (Å²) >= 11 is 0. The first kappa shape index (κ1) is 16.1. The lowest BCUT2D eigenvalue weighted by atomic mass is 9.88. The second-order valence-corrected chi connectivity index (χ2v) is 7.01. The Hall–Kier alpha value is -1.72. The third kappa shape index (κ3) is 3.46. The van der Waals surface area contributed by atoms with Crippen molar-refractivity contribution in [2.24, 2.45) is 7.05 Å². The predicted molar refractivity (Wildman–Crippen MR) is 93.0 cm³/mol. The van der Waals surface area contributed by atoms with Gasteiger partial charge in [0.1, 0.15) is 0 Å². The highest BCUT2D eigenvalue weighted by molar-refractivity contribution is 5.54. The molecule has 5 heteroatoms. The lowest BCUT2D eigenvalue weighted by Crippen LogP contribution is -2.50. The molecule has 1 aliphatic heterocycles. The van der Waals surface area contributed by atoms with E-state index in [9.17, 15) is 0 Å². The zero-order chi connectivity index (χ0) is 16.4. The van der Waals surface area contributed by atoms with Crippen LogP contribution in [0, 0.1) is 0 Å². The Morgan fingerprint density at radius 2 is 1.78 bits per heavy atom. The maximum atomic E-state index is 4.75. The van der Waals surface area contributed by atoms with Crippen LogP contribution in [-0.4, -0.2) is 57.3 Å². The molecule has 1 saturated heterocycles. The summed E-state index contributed by atoms with van der Waals surface area (Å²) < 4.78 is 1.89. The second kappa shape index (κ2) is 6.42. The number of nitrogens with zero attached hydrogens (tertiary/aromatic N) is 5. The number of aromatic nitrogens is 3. The van der Waals surface area contributed by atoms with E-state index in [4.69, 9.17) is 4.98 Å². The molecule has 0 spiro atoms. The fourth-order valence-electron chi connectivity index (χ4n) is 3.18. The summed E-state index contributed by atoms with van der Waals surface area (Å²) in [6.07, 6.45) is 2.39. The smallest absolute Gasteiger partial charge is 0.165 e. The minimum Gasteiger partial charge on any atom is -0.304 e. The van der Waals surface area contributed by atoms with Crippen LogP contribution < -0.4 is 0 Å². The zero-order valence-electron chi connectivity index (χ0n) is 14.7. The van der Waals surface area contributed by atoms with E-state index in [0.29, 0.717) is 5.54 Å². The highest BCUT2D eigenvalue weighted by Gasteiger charge is 2.32. The molecule has 0 N–H and O–H groups in total. The summed E-state index contributed by atoms with van der Waals surface area (Å²) in [5, 5.41) is 4.61. The van der Waals surface area contributed by atoms with E-state index in [1.165, 1.54) is 12.8 Å². The Labute approximate surface area is 138 Å². The molecule has 0 amide bonds. The molecule has 3 rings (SSSR count). The molecule has 0 aliphatic carbocycles. The minimum absolute atomic E-state index is 0.323. The van der Waals surface area contributed by atoms with Gasteiger partial charge < -0.3 is 4.90 Å². The van der Waals surface area contributed by atoms with E-state index in [0.717, 1.165) is 36.8 Å². The molecule has 0 radical (unpaired) electrons. The molecule has 1 aliphatic rings. The second-order valence-electron chi connectivity index (χ2n) is 7.01. The average Bonchev–Trinajstić information content (AvgIpc) is 2.91. The molecule has 23 heavy (non-hydrogen) atoms. The normalized spacial score (nSPS) is 18.5. The highest BCUT2D eigenvalue weighted by Crippen LogP contribution is 2.27. The maximum Gasteiger partial charge on any atom is 0.165 e. The Morgan fingerprint density at radius 3 is 2.39 bits per heavy atom. The van der Waals surface area contributed by atoms with Crippen molar-refractivity contribution >= 4 is 0 Å². The standard InChI is InChI=1S/C18H27N5/c1-18(21(2)3)10-12-23(13-11-18)14-16-19-17(22(4)20-16)15-8-6-5-7-9-15/h5-9H,10-14H2,1-4H3. The maximum absolute atomic E-state index is 4.75. The molecule has 5 nitrogen and oxygen atoms in total. The van der Waals surface area contributed by atoms with Crippen molar-refractivity contribution in [2.45, 2.75) is 31.8 Å². The van der Waals surface area contributed by atoms with Gasteiger partial charge in [-0.3, -0.25) is 4.90 Å². The van der Waals surface area contributed by atoms with Crippen molar-refractivity contribution in [1.82, 2.24) is 24.6 Å². The number of aryl methyl sites for hydroxylation is 1. The molecule has 1 aromatic heterocycles. The molecule has 1 aromatic carbocycles. The van der Waals surface area contributed by atoms with Crippen LogP contribution in [0.15, 0.2) is 30.3 Å². The lowest BCUT2D eigenvalue weighted by molar-refractivity contribution is 0.0665. The number of rotatable bonds is 4. The minimum atomic E-state index is 0.323. The first-order chi connectivity index (χ1) is 11.0. The molecule has 1 fully saturated rings. The SMILES string of the molecule is CN(C)C1(C)CCN(Cc2nc(-c3ccccc3)n(C)n2)CC1. The van der Waals surface area contributed by atoms with Crippen LogP contribution in [0.4, 0.5) is 0 Å². The third-order valence-corrected chi connectivity index (χ3v) is 5.22. The van der Waals surface area contributed by atoms with E-state index in [1.807, 2.05) is 29.9 Å². The van der Waals surface area contributed by atoms with Gasteiger partial charge in [-0.2, -0.15) is 5.10 Å². The first-order valence-corrected chi connectivity index (χ1v) is 8.33. The molecule has 124 valence electrons. The van der Waals surface area contributed by atoms with Crippen molar-refractivity contribution in [2.75, 3.05) is 27.2 Å². The van der Waals surface area contributed by atoms with Crippen molar-refractivity contribution in [1.29, 1.82) is 0 Å². The Kier molecular flexibility index (Phi) is 4.50. The highest BCUT2D eigenvalue weighted by atomic mass is 15.3. The van der Waals surface area contributed by atoms with Crippen LogP contribution >= 0.6 is 0 Å². The summed E-state index contributed by atoms with van der Waals surface area (Å²) in [5.74, 6) is 1.86. The number of piperidine rings is 1. The van der Waals surface area contributed by atoms with E-state index in [2.05, 4.69) is 48.1 Å². The Bertz CT molecular complexity index is 639. The third-order valence-electron chi connectivity index (χ3n) is 5.22. The number of hydrogen-bond donors (Lipinski definition) is 0. The van der Waals surface area contributed by atoms with Crippen LogP contribution in [0.1, 0.15) is 25.6 Å². The number of hydrogen-bond acceptors (Lipinski definition) is 4. The molecule has 2 heterocycles. The summed E-state index contributed by atoms with van der Waals surface area (Å²) in [7, 11) is 6.34. The van der Waals surface area contributed by atoms with Crippen molar-refractivity contribution < 1.29 is 0 Å². The van der Waals surface area contributed by atoms with Gasteiger partial charge in [0, 0.05) is 31.2 Å². The molecule has 0 atom stereocenters. The van der Waals surface area contributed by atoms with Gasteiger partial charge in [-0.05, 0) is 33.9 Å². The van der Waals surface area contributed by atoms with Crippen LogP contribution in [0.3, 0.4) is 0 Å². The van der Waals surface area contributed by atoms with Gasteiger partial charge >= 0.3 is 0 Å². The monoisotopic (exact) mass is 313 g/mol. The van der Waals surface area contributed by atoms with Gasteiger partial charge in [-0.25, -0.2) is 9.67 Å². The van der Waals surface area contributed by atoms with Gasteiger partial charge in [0.05, 0.1) is 6.54 Å². The fourth-order valence-corrected chi connectivity index (χ4v) is 3.18. The topological polar surface area (TPSA) is 37.2 Å². The average molecular weight is 313 g/mol. The number of benzene rings is 1. The van der Waals surface area contributed by atoms with E-state index < -0.39 is 0 Å². The van der Waals surface area contributed by atoms with Crippen LogP contribution in [0.2, 0.25) is 0 Å². The van der Waals surface area contributed by atoms with Crippen molar-refractivity contribution in [3.05, 3.63) is 36.2 Å². The quantitative estimate of drug-likeness (QED) is 0.868. The summed E-state index contributed by atoms with van der Waals surface area (Å²) in [6.45, 7) is 5.41. The summed E-state index contributed by atoms with van der Waals surface area (Å²) in [4.78, 5) is 9.57. The van der Waals surface area contributed by atoms with Gasteiger partial charge in [0.2, 0.25) is 0 Å². The van der Waals surface area contributed by atoms with Gasteiger partial charge in [0.15, 0.2) is 11.6 Å². The Morgan fingerprint density at radius 1 is 1.13 bits per heavy atom. The lowest BCUT2D eigenvalue weighted by Gasteiger charge is -2.43. The zero-order valence-corrected chi connectivity index (χ0v) is 14.7. The fraction of sp³-hybridized carbons (Fsp3) is 0.556. The predicted octanol–water partition coefficient (Wildman–Crippen LogP) is 2.40. The van der Waals surface area contributed by atoms with Crippen molar-refractivity contribution in [3.63, 3.8) is 0 Å². The summed E-state index contributed by atoms with van der Waals surface area (Å²) in [5.41, 5.74) is 1.44. The van der Waals surface area contributed by atoms with Crippen LogP contribution in [0.25, 0.3) is 11.4 Å². The number of likely N-dealkylation sites (tertiary alicyclic amines) is 1.